The van der Waals surface area contributed by atoms with E-state index in [9.17, 15) is 9.59 Å². The summed E-state index contributed by atoms with van der Waals surface area (Å²) in [7, 11) is 0. The molecule has 0 spiro atoms. The van der Waals surface area contributed by atoms with Crippen molar-refractivity contribution in [2.24, 2.45) is 0 Å². The Labute approximate surface area is 91.8 Å². The van der Waals surface area contributed by atoms with Crippen LogP contribution in [0.4, 0.5) is 0 Å². The van der Waals surface area contributed by atoms with Gasteiger partial charge in [0.25, 0.3) is 0 Å². The molecule has 0 atom stereocenters. The SMILES string of the molecule is CSc1cccc(C(=O)C=CC(=O)O)c1. The van der Waals surface area contributed by atoms with Crippen molar-refractivity contribution in [2.45, 2.75) is 4.90 Å². The molecule has 15 heavy (non-hydrogen) atoms. The van der Waals surface area contributed by atoms with Crippen molar-refractivity contribution in [3.63, 3.8) is 0 Å². The second-order valence-electron chi connectivity index (χ2n) is 2.77. The average Bonchev–Trinajstić information content (AvgIpc) is 2.26. The lowest BCUT2D eigenvalue weighted by Gasteiger charge is -1.98. The second kappa shape index (κ2) is 5.36. The summed E-state index contributed by atoms with van der Waals surface area (Å²) in [5.74, 6) is -1.42. The highest BCUT2D eigenvalue weighted by Gasteiger charge is 2.02. The first-order valence-electron chi connectivity index (χ1n) is 4.23. The Bertz CT molecular complexity index is 410. The third kappa shape index (κ3) is 3.59. The molecule has 1 N–H and O–H groups in total. The summed E-state index contributed by atoms with van der Waals surface area (Å²) in [5, 5.41) is 8.37. The van der Waals surface area contributed by atoms with E-state index in [1.807, 2.05) is 12.3 Å². The molecule has 0 bridgehead atoms. The monoisotopic (exact) mass is 222 g/mol. The summed E-state index contributed by atoms with van der Waals surface area (Å²) in [6.45, 7) is 0. The molecule has 78 valence electrons. The van der Waals surface area contributed by atoms with Crippen molar-refractivity contribution >= 4 is 23.5 Å². The first-order valence-corrected chi connectivity index (χ1v) is 5.45. The van der Waals surface area contributed by atoms with Crippen LogP contribution in [-0.2, 0) is 4.79 Å². The van der Waals surface area contributed by atoms with Gasteiger partial charge in [-0.2, -0.15) is 0 Å². The summed E-state index contributed by atoms with van der Waals surface area (Å²) in [6.07, 6.45) is 3.81. The number of rotatable bonds is 4. The summed E-state index contributed by atoms with van der Waals surface area (Å²) < 4.78 is 0. The van der Waals surface area contributed by atoms with Crippen molar-refractivity contribution in [3.05, 3.63) is 42.0 Å². The zero-order valence-corrected chi connectivity index (χ0v) is 8.95. The van der Waals surface area contributed by atoms with E-state index in [1.165, 1.54) is 11.8 Å². The Morgan fingerprint density at radius 1 is 1.33 bits per heavy atom. The maximum atomic E-state index is 11.5. The fourth-order valence-corrected chi connectivity index (χ4v) is 1.48. The molecule has 3 nitrogen and oxygen atoms in total. The van der Waals surface area contributed by atoms with E-state index in [4.69, 9.17) is 5.11 Å². The van der Waals surface area contributed by atoms with Gasteiger partial charge in [0, 0.05) is 16.5 Å². The predicted molar refractivity (Wildman–Crippen MR) is 59.3 cm³/mol. The molecule has 1 aromatic rings. The fraction of sp³-hybridized carbons (Fsp3) is 0.0909. The zero-order chi connectivity index (χ0) is 11.3. The molecule has 0 aliphatic heterocycles. The van der Waals surface area contributed by atoms with Gasteiger partial charge in [0.2, 0.25) is 0 Å². The topological polar surface area (TPSA) is 54.4 Å². The number of aliphatic carboxylic acids is 1. The second-order valence-corrected chi connectivity index (χ2v) is 3.65. The number of hydrogen-bond donors (Lipinski definition) is 1. The molecule has 0 aromatic heterocycles. The normalized spacial score (nSPS) is 10.5. The molecule has 0 heterocycles. The molecule has 0 radical (unpaired) electrons. The van der Waals surface area contributed by atoms with Crippen molar-refractivity contribution < 1.29 is 14.7 Å². The highest BCUT2D eigenvalue weighted by atomic mass is 32.2. The van der Waals surface area contributed by atoms with Crippen LogP contribution in [0.25, 0.3) is 0 Å². The van der Waals surface area contributed by atoms with Gasteiger partial charge in [0.1, 0.15) is 0 Å². The predicted octanol–water partition coefficient (Wildman–Crippen LogP) is 2.23. The summed E-state index contributed by atoms with van der Waals surface area (Å²) in [4.78, 5) is 22.6. The molecule has 0 aliphatic carbocycles. The van der Waals surface area contributed by atoms with Gasteiger partial charge in [-0.1, -0.05) is 12.1 Å². The maximum absolute atomic E-state index is 11.5. The van der Waals surface area contributed by atoms with E-state index in [1.54, 1.807) is 18.2 Å². The number of ketones is 1. The molecule has 0 unspecified atom stereocenters. The van der Waals surface area contributed by atoms with Crippen LogP contribution in [0.3, 0.4) is 0 Å². The standard InChI is InChI=1S/C11H10O3S/c1-15-9-4-2-3-8(7-9)10(12)5-6-11(13)14/h2-7H,1H3,(H,13,14). The number of carboxylic acids is 1. The minimum Gasteiger partial charge on any atom is -0.478 e. The molecule has 0 aliphatic rings. The first kappa shape index (κ1) is 11.5. The van der Waals surface area contributed by atoms with Crippen molar-refractivity contribution in [1.82, 2.24) is 0 Å². The Balaban J connectivity index is 2.86. The van der Waals surface area contributed by atoms with Crippen molar-refractivity contribution in [1.29, 1.82) is 0 Å². The van der Waals surface area contributed by atoms with Gasteiger partial charge in [-0.15, -0.1) is 11.8 Å². The van der Waals surface area contributed by atoms with Gasteiger partial charge in [0.05, 0.1) is 0 Å². The molecular formula is C11H10O3S. The fourth-order valence-electron chi connectivity index (χ4n) is 1.02. The average molecular weight is 222 g/mol. The summed E-state index contributed by atoms with van der Waals surface area (Å²) >= 11 is 1.53. The van der Waals surface area contributed by atoms with Gasteiger partial charge < -0.3 is 5.11 Å². The largest absolute Gasteiger partial charge is 0.478 e. The third-order valence-electron chi connectivity index (χ3n) is 1.73. The van der Waals surface area contributed by atoms with E-state index in [0.717, 1.165) is 17.0 Å². The van der Waals surface area contributed by atoms with E-state index in [2.05, 4.69) is 0 Å². The van der Waals surface area contributed by atoms with Gasteiger partial charge in [-0.05, 0) is 24.5 Å². The van der Waals surface area contributed by atoms with Crippen LogP contribution in [0.5, 0.6) is 0 Å². The Hall–Kier alpha value is -1.55. The first-order chi connectivity index (χ1) is 7.13. The van der Waals surface area contributed by atoms with E-state index >= 15 is 0 Å². The molecule has 4 heteroatoms. The van der Waals surface area contributed by atoms with E-state index in [-0.39, 0.29) is 5.78 Å². The zero-order valence-electron chi connectivity index (χ0n) is 8.14. The molecular weight excluding hydrogens is 212 g/mol. The number of carbonyl (C=O) groups is 2. The summed E-state index contributed by atoms with van der Waals surface area (Å²) in [6, 6.07) is 7.06. The number of hydrogen-bond acceptors (Lipinski definition) is 3. The molecule has 1 rings (SSSR count). The van der Waals surface area contributed by atoms with Crippen molar-refractivity contribution in [2.75, 3.05) is 6.26 Å². The minimum atomic E-state index is -1.12. The van der Waals surface area contributed by atoms with Crippen LogP contribution in [0.2, 0.25) is 0 Å². The molecule has 0 saturated carbocycles. The number of carbonyl (C=O) groups excluding carboxylic acids is 1. The van der Waals surface area contributed by atoms with Gasteiger partial charge >= 0.3 is 5.97 Å². The highest BCUT2D eigenvalue weighted by molar-refractivity contribution is 7.98. The Morgan fingerprint density at radius 3 is 2.67 bits per heavy atom. The molecule has 0 amide bonds. The third-order valence-corrected chi connectivity index (χ3v) is 2.46. The Morgan fingerprint density at radius 2 is 2.07 bits per heavy atom. The maximum Gasteiger partial charge on any atom is 0.328 e. The highest BCUT2D eigenvalue weighted by Crippen LogP contribution is 2.16. The number of thioether (sulfide) groups is 1. The smallest absolute Gasteiger partial charge is 0.328 e. The molecule has 0 saturated heterocycles. The number of benzene rings is 1. The van der Waals surface area contributed by atoms with Crippen LogP contribution in [0.15, 0.2) is 41.3 Å². The van der Waals surface area contributed by atoms with E-state index in [0.29, 0.717) is 5.56 Å². The molecule has 1 aromatic carbocycles. The van der Waals surface area contributed by atoms with Crippen molar-refractivity contribution in [3.8, 4) is 0 Å². The number of allylic oxidation sites excluding steroid dienone is 1. The lowest BCUT2D eigenvalue weighted by Crippen LogP contribution is -1.96. The van der Waals surface area contributed by atoms with Crippen LogP contribution >= 0.6 is 11.8 Å². The van der Waals surface area contributed by atoms with Crippen LogP contribution in [-0.4, -0.2) is 23.1 Å². The van der Waals surface area contributed by atoms with Crippen LogP contribution in [0.1, 0.15) is 10.4 Å². The lowest BCUT2D eigenvalue weighted by molar-refractivity contribution is -0.131. The van der Waals surface area contributed by atoms with Gasteiger partial charge in [-0.3, -0.25) is 4.79 Å². The minimum absolute atomic E-state index is 0.298. The van der Waals surface area contributed by atoms with Crippen LogP contribution in [0, 0.1) is 0 Å². The van der Waals surface area contributed by atoms with Crippen LogP contribution < -0.4 is 0 Å². The van der Waals surface area contributed by atoms with E-state index < -0.39 is 5.97 Å². The Kier molecular flexibility index (Phi) is 4.12. The quantitative estimate of drug-likeness (QED) is 0.482. The number of carboxylic acid groups (broad SMARTS) is 1. The van der Waals surface area contributed by atoms with Gasteiger partial charge in [-0.25, -0.2) is 4.79 Å². The van der Waals surface area contributed by atoms with Gasteiger partial charge in [0.15, 0.2) is 5.78 Å². The molecule has 0 fully saturated rings. The summed E-state index contributed by atoms with van der Waals surface area (Å²) in [5.41, 5.74) is 0.499. The lowest BCUT2D eigenvalue weighted by atomic mass is 10.1.